The molecule has 4 rings (SSSR count). The van der Waals surface area contributed by atoms with Crippen LogP contribution in [0.25, 0.3) is 0 Å². The lowest BCUT2D eigenvalue weighted by Gasteiger charge is -2.25. The third kappa shape index (κ3) is 6.39. The Morgan fingerprint density at radius 3 is 1.73 bits per heavy atom. The van der Waals surface area contributed by atoms with E-state index in [1.165, 1.54) is 19.2 Å². The molecule has 0 heterocycles. The zero-order valence-corrected chi connectivity index (χ0v) is 21.4. The molecule has 0 spiro atoms. The summed E-state index contributed by atoms with van der Waals surface area (Å²) in [6.07, 6.45) is 0. The number of hydrogen-bond donors (Lipinski definition) is 1. The molecule has 4 aromatic rings. The average molecular weight is 513 g/mol. The Labute approximate surface area is 217 Å². The molecule has 2 unspecified atom stereocenters. The Bertz CT molecular complexity index is 1410. The van der Waals surface area contributed by atoms with E-state index < -0.39 is 28.1 Å². The Hall–Kier alpha value is -4.07. The predicted octanol–water partition coefficient (Wildman–Crippen LogP) is 5.09. The first-order valence-electron chi connectivity index (χ1n) is 11.8. The van der Waals surface area contributed by atoms with Crippen LogP contribution < -0.4 is 4.72 Å². The Balaban J connectivity index is 1.88. The molecular weight excluding hydrogens is 484 g/mol. The number of carbonyl (C=O) groups excluding carboxylic acids is 1. The molecule has 0 bridgehead atoms. The second kappa shape index (κ2) is 11.8. The molecule has 6 nitrogen and oxygen atoms in total. The molecule has 0 radical (unpaired) electrons. The van der Waals surface area contributed by atoms with Gasteiger partial charge in [-0.25, -0.2) is 17.9 Å². The molecule has 0 aliphatic carbocycles. The van der Waals surface area contributed by atoms with Crippen molar-refractivity contribution in [3.05, 3.63) is 138 Å². The van der Waals surface area contributed by atoms with Gasteiger partial charge in [0, 0.05) is 11.1 Å². The highest BCUT2D eigenvalue weighted by molar-refractivity contribution is 7.89. The fraction of sp³-hybridized carbons (Fsp3) is 0.133. The lowest BCUT2D eigenvalue weighted by Crippen LogP contribution is -2.40. The Morgan fingerprint density at radius 1 is 0.757 bits per heavy atom. The van der Waals surface area contributed by atoms with Gasteiger partial charge in [0.05, 0.1) is 23.8 Å². The Kier molecular flexibility index (Phi) is 8.28. The first-order chi connectivity index (χ1) is 17.9. The zero-order valence-electron chi connectivity index (χ0n) is 20.6. The van der Waals surface area contributed by atoms with Crippen molar-refractivity contribution >= 4 is 21.7 Å². The quantitative estimate of drug-likeness (QED) is 0.250. The summed E-state index contributed by atoms with van der Waals surface area (Å²) in [7, 11) is -2.73. The molecule has 0 amide bonds. The second-order valence-electron chi connectivity index (χ2n) is 8.50. The number of aryl methyl sites for hydroxylation is 1. The minimum atomic E-state index is -4.00. The van der Waals surface area contributed by atoms with Crippen molar-refractivity contribution in [2.75, 3.05) is 7.11 Å². The standard InChI is InChI=1S/C30H28N2O4S/c1-22-18-20-26(21-19-22)37(34,35)32-28(25-16-10-5-11-17-25)29(30(33)36-2)31-27(23-12-6-3-7-13-23)24-14-8-4-9-15-24/h3-21,28-29,32H,1-2H3. The first-order valence-corrected chi connectivity index (χ1v) is 13.3. The number of sulfonamides is 1. The van der Waals surface area contributed by atoms with Crippen molar-refractivity contribution in [1.82, 2.24) is 4.72 Å². The van der Waals surface area contributed by atoms with E-state index in [1.807, 2.05) is 73.7 Å². The summed E-state index contributed by atoms with van der Waals surface area (Å²) in [5, 5.41) is 0. The summed E-state index contributed by atoms with van der Waals surface area (Å²) < 4.78 is 34.8. The Morgan fingerprint density at radius 2 is 1.24 bits per heavy atom. The van der Waals surface area contributed by atoms with Crippen LogP contribution in [0, 0.1) is 6.92 Å². The molecule has 37 heavy (non-hydrogen) atoms. The van der Waals surface area contributed by atoms with Crippen LogP contribution in [0.4, 0.5) is 0 Å². The number of carbonyl (C=O) groups is 1. The summed E-state index contributed by atoms with van der Waals surface area (Å²) in [4.78, 5) is 18.2. The summed E-state index contributed by atoms with van der Waals surface area (Å²) >= 11 is 0. The molecule has 1 N–H and O–H groups in total. The van der Waals surface area contributed by atoms with Crippen molar-refractivity contribution in [2.24, 2.45) is 4.99 Å². The van der Waals surface area contributed by atoms with E-state index >= 15 is 0 Å². The van der Waals surface area contributed by atoms with E-state index in [9.17, 15) is 13.2 Å². The lowest BCUT2D eigenvalue weighted by atomic mass is 9.98. The van der Waals surface area contributed by atoms with Gasteiger partial charge in [-0.15, -0.1) is 0 Å². The maximum absolute atomic E-state index is 13.5. The molecule has 0 aliphatic heterocycles. The number of esters is 1. The first kappa shape index (κ1) is 26.0. The van der Waals surface area contributed by atoms with Crippen molar-refractivity contribution in [2.45, 2.75) is 23.9 Å². The normalized spacial score (nSPS) is 12.8. The highest BCUT2D eigenvalue weighted by Crippen LogP contribution is 2.26. The van der Waals surface area contributed by atoms with E-state index in [4.69, 9.17) is 9.73 Å². The number of aliphatic imine (C=N–C) groups is 1. The number of hydrogen-bond acceptors (Lipinski definition) is 5. The van der Waals surface area contributed by atoms with Gasteiger partial charge in [0.1, 0.15) is 0 Å². The van der Waals surface area contributed by atoms with Gasteiger partial charge in [0.15, 0.2) is 6.04 Å². The van der Waals surface area contributed by atoms with Crippen LogP contribution in [0.15, 0.2) is 125 Å². The fourth-order valence-electron chi connectivity index (χ4n) is 3.96. The van der Waals surface area contributed by atoms with Gasteiger partial charge < -0.3 is 4.74 Å². The van der Waals surface area contributed by atoms with Crippen LogP contribution in [-0.4, -0.2) is 33.3 Å². The van der Waals surface area contributed by atoms with E-state index in [0.29, 0.717) is 11.3 Å². The smallest absolute Gasteiger partial charge is 0.332 e. The summed E-state index contributed by atoms with van der Waals surface area (Å²) in [5.74, 6) is -0.662. The zero-order chi connectivity index (χ0) is 26.3. The van der Waals surface area contributed by atoms with Crippen molar-refractivity contribution in [3.8, 4) is 0 Å². The highest BCUT2D eigenvalue weighted by atomic mass is 32.2. The number of nitrogens with zero attached hydrogens (tertiary/aromatic N) is 1. The van der Waals surface area contributed by atoms with Crippen molar-refractivity contribution in [3.63, 3.8) is 0 Å². The van der Waals surface area contributed by atoms with E-state index in [-0.39, 0.29) is 4.90 Å². The topological polar surface area (TPSA) is 84.8 Å². The van der Waals surface area contributed by atoms with Gasteiger partial charge in [0.25, 0.3) is 0 Å². The largest absolute Gasteiger partial charge is 0.467 e. The molecule has 188 valence electrons. The van der Waals surface area contributed by atoms with E-state index in [1.54, 1.807) is 36.4 Å². The van der Waals surface area contributed by atoms with Crippen molar-refractivity contribution in [1.29, 1.82) is 0 Å². The van der Waals surface area contributed by atoms with Crippen LogP contribution in [0.1, 0.15) is 28.3 Å². The van der Waals surface area contributed by atoms with E-state index in [2.05, 4.69) is 4.72 Å². The van der Waals surface area contributed by atoms with Crippen LogP contribution in [-0.2, 0) is 19.6 Å². The molecular formula is C30H28N2O4S. The molecule has 0 aliphatic rings. The molecule has 2 atom stereocenters. The molecule has 4 aromatic carbocycles. The summed E-state index contributed by atoms with van der Waals surface area (Å²) in [5.41, 5.74) is 3.64. The lowest BCUT2D eigenvalue weighted by molar-refractivity contribution is -0.142. The molecule has 0 fully saturated rings. The van der Waals surface area contributed by atoms with Gasteiger partial charge in [-0.1, -0.05) is 109 Å². The summed E-state index contributed by atoms with van der Waals surface area (Å²) in [6.45, 7) is 1.88. The van der Waals surface area contributed by atoms with Gasteiger partial charge in [-0.2, -0.15) is 0 Å². The second-order valence-corrected chi connectivity index (χ2v) is 10.2. The number of rotatable bonds is 9. The fourth-order valence-corrected chi connectivity index (χ4v) is 5.19. The number of nitrogens with one attached hydrogen (secondary N) is 1. The van der Waals surface area contributed by atoms with Crippen LogP contribution in [0.3, 0.4) is 0 Å². The third-order valence-electron chi connectivity index (χ3n) is 5.89. The van der Waals surface area contributed by atoms with Crippen molar-refractivity contribution < 1.29 is 17.9 Å². The minimum absolute atomic E-state index is 0.0953. The summed E-state index contributed by atoms with van der Waals surface area (Å²) in [6, 6.07) is 32.1. The molecule has 7 heteroatoms. The molecule has 0 saturated carbocycles. The van der Waals surface area contributed by atoms with Crippen LogP contribution >= 0.6 is 0 Å². The van der Waals surface area contributed by atoms with Crippen LogP contribution in [0.2, 0.25) is 0 Å². The van der Waals surface area contributed by atoms with E-state index in [0.717, 1.165) is 16.7 Å². The molecule has 0 saturated heterocycles. The number of methoxy groups -OCH3 is 1. The van der Waals surface area contributed by atoms with Gasteiger partial charge in [0.2, 0.25) is 10.0 Å². The molecule has 0 aromatic heterocycles. The van der Waals surface area contributed by atoms with Gasteiger partial charge in [-0.3, -0.25) is 4.99 Å². The predicted molar refractivity (Wildman–Crippen MR) is 145 cm³/mol. The van der Waals surface area contributed by atoms with Crippen LogP contribution in [0.5, 0.6) is 0 Å². The maximum Gasteiger partial charge on any atom is 0.332 e. The maximum atomic E-state index is 13.5. The average Bonchev–Trinajstić information content (AvgIpc) is 2.94. The monoisotopic (exact) mass is 512 g/mol. The SMILES string of the molecule is COC(=O)C(N=C(c1ccccc1)c1ccccc1)C(NS(=O)(=O)c1ccc(C)cc1)c1ccccc1. The minimum Gasteiger partial charge on any atom is -0.467 e. The van der Waals surface area contributed by atoms with Gasteiger partial charge >= 0.3 is 5.97 Å². The highest BCUT2D eigenvalue weighted by Gasteiger charge is 2.34. The number of benzene rings is 4. The number of ether oxygens (including phenoxy) is 1. The third-order valence-corrected chi connectivity index (χ3v) is 7.35. The van der Waals surface area contributed by atoms with Gasteiger partial charge in [-0.05, 0) is 24.6 Å².